The van der Waals surface area contributed by atoms with Crippen LogP contribution in [0.2, 0.25) is 18.1 Å². The summed E-state index contributed by atoms with van der Waals surface area (Å²) in [5.41, 5.74) is -0.0701. The van der Waals surface area contributed by atoms with Gasteiger partial charge in [0.2, 0.25) is 17.7 Å². The van der Waals surface area contributed by atoms with E-state index in [-0.39, 0.29) is 36.9 Å². The van der Waals surface area contributed by atoms with Gasteiger partial charge in [-0.3, -0.25) is 19.7 Å². The molecule has 3 unspecified atom stereocenters. The molecule has 0 aliphatic carbocycles. The van der Waals surface area contributed by atoms with Crippen molar-refractivity contribution in [1.29, 1.82) is 0 Å². The number of ether oxygens (including phenoxy) is 2. The topological polar surface area (TPSA) is 164 Å². The molecule has 1 fully saturated rings. The quantitative estimate of drug-likeness (QED) is 0.103. The maximum absolute atomic E-state index is 15.3. The number of nitrogens with one attached hydrogen (secondary N) is 4. The largest absolute Gasteiger partial charge is 0.444 e. The zero-order valence-electron chi connectivity index (χ0n) is 35.8. The third-order valence-corrected chi connectivity index (χ3v) is 15.2. The Balaban J connectivity index is 2.22. The molecule has 0 bridgehead atoms. The van der Waals surface area contributed by atoms with Crippen LogP contribution in [0.3, 0.4) is 0 Å². The molecule has 316 valence electrons. The highest BCUT2D eigenvalue weighted by Gasteiger charge is 2.50. The van der Waals surface area contributed by atoms with Crippen LogP contribution in [0.1, 0.15) is 86.6 Å². The monoisotopic (exact) mass is 809 g/mol. The number of benzene rings is 2. The van der Waals surface area contributed by atoms with Crippen LogP contribution in [0.25, 0.3) is 11.1 Å². The van der Waals surface area contributed by atoms with Gasteiger partial charge in [0.1, 0.15) is 17.2 Å². The molecule has 1 aliphatic rings. The van der Waals surface area contributed by atoms with Crippen molar-refractivity contribution in [1.82, 2.24) is 26.2 Å². The summed E-state index contributed by atoms with van der Waals surface area (Å²) in [6.07, 6.45) is 1.75. The van der Waals surface area contributed by atoms with Crippen molar-refractivity contribution >= 4 is 38.2 Å². The minimum Gasteiger partial charge on any atom is -0.444 e. The molecular weight excluding hydrogens is 743 g/mol. The second kappa shape index (κ2) is 20.9. The number of urea groups is 1. The number of amides is 6. The summed E-state index contributed by atoms with van der Waals surface area (Å²) in [6.45, 7) is 20.6. The Labute approximate surface area is 340 Å². The predicted octanol–water partition coefficient (Wildman–Crippen LogP) is 6.57. The van der Waals surface area contributed by atoms with Crippen molar-refractivity contribution in [2.45, 2.75) is 123 Å². The SMILES string of the molecule is CCCCCC(=O)NC(Cc1ccccc1-c1ccccc1)(C(=O)NC(C)C(=O)NC(=O)N1CCOCC1)C(CNC(=O)OC(C)(C)C)CO[Si](C)(C)C(C)(C)C. The first-order chi connectivity index (χ1) is 26.7. The maximum Gasteiger partial charge on any atom is 0.407 e. The fourth-order valence-electron chi connectivity index (χ4n) is 6.21. The van der Waals surface area contributed by atoms with Gasteiger partial charge in [0.15, 0.2) is 8.32 Å². The molecule has 1 aliphatic heterocycles. The highest BCUT2D eigenvalue weighted by Crippen LogP contribution is 2.38. The number of morpholine rings is 1. The number of rotatable bonds is 17. The molecule has 3 atom stereocenters. The van der Waals surface area contributed by atoms with Gasteiger partial charge in [0.05, 0.1) is 13.2 Å². The fourth-order valence-corrected chi connectivity index (χ4v) is 7.26. The summed E-state index contributed by atoms with van der Waals surface area (Å²) < 4.78 is 17.8. The van der Waals surface area contributed by atoms with Gasteiger partial charge in [0, 0.05) is 45.0 Å². The smallest absolute Gasteiger partial charge is 0.407 e. The van der Waals surface area contributed by atoms with E-state index in [4.69, 9.17) is 13.9 Å². The highest BCUT2D eigenvalue weighted by molar-refractivity contribution is 6.74. The summed E-state index contributed by atoms with van der Waals surface area (Å²) in [6, 6.07) is 15.6. The predicted molar refractivity (Wildman–Crippen MR) is 225 cm³/mol. The minimum atomic E-state index is -2.49. The number of nitrogens with zero attached hydrogens (tertiary/aromatic N) is 1. The van der Waals surface area contributed by atoms with Crippen LogP contribution in [0.5, 0.6) is 0 Å². The third-order valence-electron chi connectivity index (χ3n) is 10.7. The van der Waals surface area contributed by atoms with Gasteiger partial charge in [-0.25, -0.2) is 9.59 Å². The van der Waals surface area contributed by atoms with Crippen LogP contribution < -0.4 is 21.3 Å². The highest BCUT2D eigenvalue weighted by atomic mass is 28.4. The van der Waals surface area contributed by atoms with Crippen LogP contribution in [0, 0.1) is 5.92 Å². The zero-order valence-corrected chi connectivity index (χ0v) is 36.8. The van der Waals surface area contributed by atoms with Gasteiger partial charge in [0.25, 0.3) is 0 Å². The van der Waals surface area contributed by atoms with Crippen molar-refractivity contribution in [3.8, 4) is 11.1 Å². The van der Waals surface area contributed by atoms with Crippen LogP contribution in [0.4, 0.5) is 9.59 Å². The molecule has 2 aromatic carbocycles. The van der Waals surface area contributed by atoms with Crippen LogP contribution in [-0.2, 0) is 34.7 Å². The van der Waals surface area contributed by atoms with Crippen molar-refractivity contribution in [2.75, 3.05) is 39.5 Å². The normalized spacial score (nSPS) is 15.7. The molecule has 57 heavy (non-hydrogen) atoms. The second-order valence-corrected chi connectivity index (χ2v) is 22.2. The molecule has 0 saturated carbocycles. The van der Waals surface area contributed by atoms with Gasteiger partial charge in [-0.1, -0.05) is 95.1 Å². The number of imide groups is 1. The lowest BCUT2D eigenvalue weighted by atomic mass is 9.76. The molecule has 0 aromatic heterocycles. The molecule has 1 saturated heterocycles. The molecule has 0 radical (unpaired) electrons. The van der Waals surface area contributed by atoms with Gasteiger partial charge in [-0.05, 0) is 68.9 Å². The third kappa shape index (κ3) is 14.3. The van der Waals surface area contributed by atoms with Crippen molar-refractivity contribution in [3.05, 3.63) is 60.2 Å². The Morgan fingerprint density at radius 2 is 1.53 bits per heavy atom. The maximum atomic E-state index is 15.3. The number of unbranched alkanes of at least 4 members (excludes halogenated alkanes) is 2. The minimum absolute atomic E-state index is 0.0153. The average Bonchev–Trinajstić information content (AvgIpc) is 3.14. The molecule has 13 nitrogen and oxygen atoms in total. The van der Waals surface area contributed by atoms with E-state index in [2.05, 4.69) is 55.1 Å². The molecule has 6 amide bonds. The van der Waals surface area contributed by atoms with Crippen molar-refractivity contribution < 1.29 is 37.9 Å². The summed E-state index contributed by atoms with van der Waals surface area (Å²) in [4.78, 5) is 70.8. The molecule has 2 aromatic rings. The van der Waals surface area contributed by atoms with E-state index in [0.29, 0.717) is 32.7 Å². The Morgan fingerprint density at radius 1 is 0.895 bits per heavy atom. The first-order valence-electron chi connectivity index (χ1n) is 20.2. The average molecular weight is 810 g/mol. The molecule has 14 heteroatoms. The lowest BCUT2D eigenvalue weighted by Crippen LogP contribution is -2.69. The lowest BCUT2D eigenvalue weighted by Gasteiger charge is -2.44. The lowest BCUT2D eigenvalue weighted by molar-refractivity contribution is -0.138. The molecule has 3 rings (SSSR count). The van der Waals surface area contributed by atoms with Crippen LogP contribution in [0.15, 0.2) is 54.6 Å². The Hall–Kier alpha value is -4.27. The Morgan fingerprint density at radius 3 is 2.14 bits per heavy atom. The first-order valence-corrected chi connectivity index (χ1v) is 23.1. The Bertz CT molecular complexity index is 1650. The number of hydrogen-bond donors (Lipinski definition) is 4. The molecular formula is C43H67N5O8Si. The second-order valence-electron chi connectivity index (χ2n) is 17.4. The number of carbonyl (C=O) groups excluding carboxylic acids is 5. The van der Waals surface area contributed by atoms with E-state index in [1.165, 1.54) is 11.8 Å². The van der Waals surface area contributed by atoms with E-state index in [9.17, 15) is 19.2 Å². The van der Waals surface area contributed by atoms with E-state index in [1.54, 1.807) is 20.8 Å². The summed E-state index contributed by atoms with van der Waals surface area (Å²) in [5.74, 6) is -2.60. The van der Waals surface area contributed by atoms with Crippen LogP contribution >= 0.6 is 0 Å². The van der Waals surface area contributed by atoms with E-state index in [0.717, 1.165) is 29.5 Å². The number of alkyl carbamates (subject to hydrolysis) is 1. The van der Waals surface area contributed by atoms with Gasteiger partial charge in [-0.2, -0.15) is 0 Å². The molecule has 1 heterocycles. The van der Waals surface area contributed by atoms with Gasteiger partial charge in [-0.15, -0.1) is 0 Å². The molecule has 4 N–H and O–H groups in total. The van der Waals surface area contributed by atoms with Crippen LogP contribution in [-0.4, -0.2) is 99.7 Å². The van der Waals surface area contributed by atoms with E-state index < -0.39 is 55.4 Å². The van der Waals surface area contributed by atoms with Gasteiger partial charge < -0.3 is 34.8 Å². The van der Waals surface area contributed by atoms with E-state index in [1.807, 2.05) is 61.5 Å². The zero-order chi connectivity index (χ0) is 42.4. The standard InChI is InChI=1S/C43H67N5O8Si/c1-11-12-14-23-36(49)47-43(28-33-21-17-18-22-35(33)32-19-15-13-16-20-32,38(51)45-31(2)37(50)46-39(52)48-24-26-54-27-25-48)34(29-44-40(53)56-41(3,4)5)30-55-57(9,10)42(6,7)8/h13,15-22,31,34H,11-12,14,23-30H2,1-10H3,(H,44,53)(H,45,51)(H,47,49)(H,46,50,52). The first kappa shape index (κ1) is 47.1. The van der Waals surface area contributed by atoms with Gasteiger partial charge >= 0.3 is 12.1 Å². The Kier molecular flexibility index (Phi) is 17.3. The fraction of sp³-hybridized carbons (Fsp3) is 0.605. The number of carbonyl (C=O) groups is 5. The summed E-state index contributed by atoms with van der Waals surface area (Å²) in [7, 11) is -2.49. The summed E-state index contributed by atoms with van der Waals surface area (Å²) >= 11 is 0. The molecule has 0 spiro atoms. The number of hydrogen-bond acceptors (Lipinski definition) is 8. The summed E-state index contributed by atoms with van der Waals surface area (Å²) in [5, 5.41) is 11.1. The van der Waals surface area contributed by atoms with E-state index >= 15 is 4.79 Å². The van der Waals surface area contributed by atoms with Crippen molar-refractivity contribution in [2.24, 2.45) is 5.92 Å². The van der Waals surface area contributed by atoms with Crippen molar-refractivity contribution in [3.63, 3.8) is 0 Å².